The van der Waals surface area contributed by atoms with Crippen LogP contribution in [0.1, 0.15) is 18.1 Å². The number of likely N-dealkylation sites (N-methyl/N-ethyl adjacent to an activating group) is 1. The molecule has 0 aliphatic heterocycles. The Labute approximate surface area is 154 Å². The van der Waals surface area contributed by atoms with Gasteiger partial charge in [0.05, 0.1) is 18.6 Å². The van der Waals surface area contributed by atoms with Gasteiger partial charge in [-0.05, 0) is 43.2 Å². The van der Waals surface area contributed by atoms with Gasteiger partial charge in [0.15, 0.2) is 0 Å². The largest absolute Gasteiger partial charge is 0.496 e. The first-order valence-electron chi connectivity index (χ1n) is 8.34. The number of carbonyl (C=O) groups excluding carboxylic acids is 1. The number of rotatable bonds is 8. The Balaban J connectivity index is 2.38. The quantitative estimate of drug-likeness (QED) is 0.767. The van der Waals surface area contributed by atoms with Gasteiger partial charge in [0, 0.05) is 13.1 Å². The van der Waals surface area contributed by atoms with Gasteiger partial charge in [-0.25, -0.2) is 8.42 Å². The van der Waals surface area contributed by atoms with Crippen LogP contribution in [0.5, 0.6) is 5.75 Å². The topological polar surface area (TPSA) is 75.7 Å². The van der Waals surface area contributed by atoms with Gasteiger partial charge in [-0.15, -0.1) is 0 Å². The van der Waals surface area contributed by atoms with Crippen LogP contribution in [0.15, 0.2) is 53.4 Å². The molecule has 26 heavy (non-hydrogen) atoms. The zero-order valence-corrected chi connectivity index (χ0v) is 16.0. The Morgan fingerprint density at radius 1 is 1.15 bits per heavy atom. The summed E-state index contributed by atoms with van der Waals surface area (Å²) in [6, 6.07) is 13.9. The monoisotopic (exact) mass is 376 g/mol. The molecule has 7 heteroatoms. The number of methoxy groups -OCH3 is 1. The molecule has 0 heterocycles. The summed E-state index contributed by atoms with van der Waals surface area (Å²) in [5, 5.41) is 2.65. The van der Waals surface area contributed by atoms with E-state index in [0.717, 1.165) is 5.56 Å². The van der Waals surface area contributed by atoms with Crippen molar-refractivity contribution in [3.05, 3.63) is 59.7 Å². The van der Waals surface area contributed by atoms with Crippen LogP contribution < -0.4 is 10.1 Å². The molecule has 6 nitrogen and oxygen atoms in total. The second-order valence-electron chi connectivity index (χ2n) is 5.84. The first-order valence-corrected chi connectivity index (χ1v) is 9.78. The van der Waals surface area contributed by atoms with Crippen molar-refractivity contribution in [1.29, 1.82) is 0 Å². The lowest BCUT2D eigenvalue weighted by Gasteiger charge is -2.22. The number of ether oxygens (including phenoxy) is 1. The van der Waals surface area contributed by atoms with E-state index in [9.17, 15) is 13.2 Å². The summed E-state index contributed by atoms with van der Waals surface area (Å²) in [5.74, 6) is 0.277. The molecule has 0 bridgehead atoms. The van der Waals surface area contributed by atoms with Gasteiger partial charge in [0.25, 0.3) is 0 Å². The van der Waals surface area contributed by atoms with Crippen molar-refractivity contribution in [3.8, 4) is 5.75 Å². The number of carbonyl (C=O) groups is 1. The molecular formula is C19H24N2O4S. The summed E-state index contributed by atoms with van der Waals surface area (Å²) in [5.41, 5.74) is 1.52. The maximum atomic E-state index is 13.1. The summed E-state index contributed by atoms with van der Waals surface area (Å²) in [7, 11) is -2.31. The van der Waals surface area contributed by atoms with Crippen molar-refractivity contribution in [2.75, 3.05) is 20.2 Å². The predicted octanol–water partition coefficient (Wildman–Crippen LogP) is 2.33. The fourth-order valence-electron chi connectivity index (χ4n) is 2.59. The highest BCUT2D eigenvalue weighted by molar-refractivity contribution is 7.89. The Hall–Kier alpha value is -2.38. The SMILES string of the molecule is CCNC(=O)CN(Cc1ccccc1)S(=O)(=O)c1ccc(OC)c(C)c1. The average Bonchev–Trinajstić information content (AvgIpc) is 2.62. The van der Waals surface area contributed by atoms with Gasteiger partial charge in [-0.2, -0.15) is 4.31 Å². The van der Waals surface area contributed by atoms with Gasteiger partial charge in [0.1, 0.15) is 5.75 Å². The van der Waals surface area contributed by atoms with Gasteiger partial charge in [-0.1, -0.05) is 30.3 Å². The molecule has 0 atom stereocenters. The maximum Gasteiger partial charge on any atom is 0.243 e. The molecule has 0 aromatic heterocycles. The van der Waals surface area contributed by atoms with E-state index in [2.05, 4.69) is 5.32 Å². The van der Waals surface area contributed by atoms with Crippen molar-refractivity contribution in [3.63, 3.8) is 0 Å². The smallest absolute Gasteiger partial charge is 0.243 e. The first-order chi connectivity index (χ1) is 12.4. The number of aryl methyl sites for hydroxylation is 1. The Morgan fingerprint density at radius 3 is 2.42 bits per heavy atom. The number of nitrogens with one attached hydrogen (secondary N) is 1. The van der Waals surface area contributed by atoms with E-state index in [1.165, 1.54) is 17.5 Å². The highest BCUT2D eigenvalue weighted by Gasteiger charge is 2.27. The molecule has 0 fully saturated rings. The highest BCUT2D eigenvalue weighted by atomic mass is 32.2. The van der Waals surface area contributed by atoms with Gasteiger partial charge < -0.3 is 10.1 Å². The van der Waals surface area contributed by atoms with Crippen LogP contribution >= 0.6 is 0 Å². The molecule has 140 valence electrons. The van der Waals surface area contributed by atoms with Crippen LogP contribution in [0.3, 0.4) is 0 Å². The van der Waals surface area contributed by atoms with E-state index in [1.54, 1.807) is 26.0 Å². The molecule has 0 saturated carbocycles. The lowest BCUT2D eigenvalue weighted by Crippen LogP contribution is -2.40. The molecule has 2 rings (SSSR count). The van der Waals surface area contributed by atoms with E-state index < -0.39 is 10.0 Å². The molecule has 0 unspecified atom stereocenters. The summed E-state index contributed by atoms with van der Waals surface area (Å²) < 4.78 is 32.6. The minimum Gasteiger partial charge on any atom is -0.496 e. The highest BCUT2D eigenvalue weighted by Crippen LogP contribution is 2.24. The van der Waals surface area contributed by atoms with Crippen molar-refractivity contribution in [1.82, 2.24) is 9.62 Å². The summed E-state index contributed by atoms with van der Waals surface area (Å²) in [6.45, 7) is 3.89. The van der Waals surface area contributed by atoms with Crippen molar-refractivity contribution in [2.45, 2.75) is 25.3 Å². The van der Waals surface area contributed by atoms with Gasteiger partial charge in [0.2, 0.25) is 15.9 Å². The standard InChI is InChI=1S/C19H24N2O4S/c1-4-20-19(22)14-21(13-16-8-6-5-7-9-16)26(23,24)17-10-11-18(25-3)15(2)12-17/h5-12H,4,13-14H2,1-3H3,(H,20,22). The first kappa shape index (κ1) is 19.9. The number of sulfonamides is 1. The summed E-state index contributed by atoms with van der Waals surface area (Å²) in [4.78, 5) is 12.2. The Morgan fingerprint density at radius 2 is 1.85 bits per heavy atom. The third-order valence-electron chi connectivity index (χ3n) is 3.90. The maximum absolute atomic E-state index is 13.1. The van der Waals surface area contributed by atoms with E-state index >= 15 is 0 Å². The number of benzene rings is 2. The number of hydrogen-bond acceptors (Lipinski definition) is 4. The Kier molecular flexibility index (Phi) is 6.76. The van der Waals surface area contributed by atoms with Crippen LogP contribution in [0, 0.1) is 6.92 Å². The van der Waals surface area contributed by atoms with Gasteiger partial charge >= 0.3 is 0 Å². The van der Waals surface area contributed by atoms with Gasteiger partial charge in [-0.3, -0.25) is 4.79 Å². The average molecular weight is 376 g/mol. The second kappa shape index (κ2) is 8.82. The van der Waals surface area contributed by atoms with E-state index in [1.807, 2.05) is 30.3 Å². The van der Waals surface area contributed by atoms with Crippen LogP contribution in [0.2, 0.25) is 0 Å². The minimum atomic E-state index is -3.84. The Bertz CT molecular complexity index is 851. The zero-order valence-electron chi connectivity index (χ0n) is 15.2. The third-order valence-corrected chi connectivity index (χ3v) is 5.69. The number of hydrogen-bond donors (Lipinski definition) is 1. The lowest BCUT2D eigenvalue weighted by atomic mass is 10.2. The fourth-order valence-corrected chi connectivity index (χ4v) is 4.06. The van der Waals surface area contributed by atoms with Crippen molar-refractivity contribution < 1.29 is 17.9 Å². The molecule has 0 aliphatic rings. The summed E-state index contributed by atoms with van der Waals surface area (Å²) in [6.07, 6.45) is 0. The second-order valence-corrected chi connectivity index (χ2v) is 7.78. The third kappa shape index (κ3) is 4.83. The molecular weight excluding hydrogens is 352 g/mol. The fraction of sp³-hybridized carbons (Fsp3) is 0.316. The normalized spacial score (nSPS) is 11.4. The van der Waals surface area contributed by atoms with Crippen LogP contribution in [0.25, 0.3) is 0 Å². The molecule has 0 saturated heterocycles. The van der Waals surface area contributed by atoms with Crippen LogP contribution in [0.4, 0.5) is 0 Å². The summed E-state index contributed by atoms with van der Waals surface area (Å²) >= 11 is 0. The molecule has 2 aromatic carbocycles. The predicted molar refractivity (Wildman–Crippen MR) is 100 cm³/mol. The van der Waals surface area contributed by atoms with Crippen LogP contribution in [-0.4, -0.2) is 38.8 Å². The zero-order chi connectivity index (χ0) is 19.2. The minimum absolute atomic E-state index is 0.116. The van der Waals surface area contributed by atoms with Crippen molar-refractivity contribution in [2.24, 2.45) is 0 Å². The molecule has 0 radical (unpaired) electrons. The molecule has 1 amide bonds. The molecule has 1 N–H and O–H groups in total. The van der Waals surface area contributed by atoms with E-state index in [-0.39, 0.29) is 23.9 Å². The number of nitrogens with zero attached hydrogens (tertiary/aromatic N) is 1. The number of amides is 1. The van der Waals surface area contributed by atoms with E-state index in [4.69, 9.17) is 4.74 Å². The van der Waals surface area contributed by atoms with Crippen molar-refractivity contribution >= 4 is 15.9 Å². The van der Waals surface area contributed by atoms with Crippen LogP contribution in [-0.2, 0) is 21.4 Å². The lowest BCUT2D eigenvalue weighted by molar-refractivity contribution is -0.121. The molecule has 0 spiro atoms. The van der Waals surface area contributed by atoms with E-state index in [0.29, 0.717) is 17.9 Å². The molecule has 0 aliphatic carbocycles. The molecule has 2 aromatic rings.